The standard InChI is InChI=1S/C15H19NO4/c1-3-9-20-15(19)16-13(14(17)18)10-11(2)12-7-5-4-6-8-12/h3-8,11,13H,1,9-10H2,2H3,(H,16,19)(H,17,18). The molecule has 1 rings (SSSR count). The molecule has 2 unspecified atom stereocenters. The molecular formula is C15H19NO4. The highest BCUT2D eigenvalue weighted by molar-refractivity contribution is 5.79. The smallest absolute Gasteiger partial charge is 0.408 e. The topological polar surface area (TPSA) is 75.6 Å². The zero-order valence-electron chi connectivity index (χ0n) is 11.4. The Labute approximate surface area is 118 Å². The van der Waals surface area contributed by atoms with Crippen LogP contribution in [0.3, 0.4) is 0 Å². The van der Waals surface area contributed by atoms with Gasteiger partial charge >= 0.3 is 12.1 Å². The molecule has 1 aromatic rings. The molecule has 2 N–H and O–H groups in total. The number of aliphatic carboxylic acids is 1. The average molecular weight is 277 g/mol. The number of amides is 1. The molecule has 0 saturated heterocycles. The van der Waals surface area contributed by atoms with Gasteiger partial charge in [-0.05, 0) is 17.9 Å². The minimum atomic E-state index is -1.08. The summed E-state index contributed by atoms with van der Waals surface area (Å²) in [4.78, 5) is 22.6. The van der Waals surface area contributed by atoms with E-state index in [1.807, 2.05) is 37.3 Å². The number of benzene rings is 1. The van der Waals surface area contributed by atoms with Gasteiger partial charge in [-0.2, -0.15) is 0 Å². The summed E-state index contributed by atoms with van der Waals surface area (Å²) in [7, 11) is 0. The number of ether oxygens (including phenoxy) is 1. The third-order valence-corrected chi connectivity index (χ3v) is 2.88. The van der Waals surface area contributed by atoms with Gasteiger partial charge in [-0.15, -0.1) is 0 Å². The van der Waals surface area contributed by atoms with E-state index in [-0.39, 0.29) is 12.5 Å². The molecule has 0 spiro atoms. The second-order valence-corrected chi connectivity index (χ2v) is 4.47. The molecule has 5 nitrogen and oxygen atoms in total. The van der Waals surface area contributed by atoms with Crippen LogP contribution in [0.1, 0.15) is 24.8 Å². The summed E-state index contributed by atoms with van der Waals surface area (Å²) in [5, 5.41) is 11.5. The maximum Gasteiger partial charge on any atom is 0.408 e. The summed E-state index contributed by atoms with van der Waals surface area (Å²) in [6.07, 6.45) is 0.961. The molecule has 5 heteroatoms. The number of hydrogen-bond acceptors (Lipinski definition) is 3. The highest BCUT2D eigenvalue weighted by Gasteiger charge is 2.23. The maximum absolute atomic E-state index is 11.4. The van der Waals surface area contributed by atoms with E-state index in [2.05, 4.69) is 11.9 Å². The Kier molecular flexibility index (Phi) is 6.29. The van der Waals surface area contributed by atoms with E-state index in [0.29, 0.717) is 6.42 Å². The van der Waals surface area contributed by atoms with Crippen LogP contribution in [0.2, 0.25) is 0 Å². The van der Waals surface area contributed by atoms with Gasteiger partial charge < -0.3 is 15.2 Å². The van der Waals surface area contributed by atoms with Crippen molar-refractivity contribution in [1.82, 2.24) is 5.32 Å². The molecule has 20 heavy (non-hydrogen) atoms. The van der Waals surface area contributed by atoms with Gasteiger partial charge in [0, 0.05) is 0 Å². The fourth-order valence-electron chi connectivity index (χ4n) is 1.81. The van der Waals surface area contributed by atoms with Gasteiger partial charge in [0.25, 0.3) is 0 Å². The Morgan fingerprint density at radius 1 is 1.40 bits per heavy atom. The highest BCUT2D eigenvalue weighted by atomic mass is 16.5. The monoisotopic (exact) mass is 277 g/mol. The van der Waals surface area contributed by atoms with Crippen molar-refractivity contribution in [2.24, 2.45) is 0 Å². The fourth-order valence-corrected chi connectivity index (χ4v) is 1.81. The molecular weight excluding hydrogens is 258 g/mol. The molecule has 0 fully saturated rings. The van der Waals surface area contributed by atoms with Gasteiger partial charge in [0.05, 0.1) is 0 Å². The first kappa shape index (κ1) is 15.8. The van der Waals surface area contributed by atoms with Gasteiger partial charge in [0.2, 0.25) is 0 Å². The molecule has 0 aromatic heterocycles. The number of carboxylic acids is 1. The van der Waals surface area contributed by atoms with Crippen LogP contribution in [0.5, 0.6) is 0 Å². The van der Waals surface area contributed by atoms with Crippen molar-refractivity contribution >= 4 is 12.1 Å². The second kappa shape index (κ2) is 7.99. The summed E-state index contributed by atoms with van der Waals surface area (Å²) in [6, 6.07) is 8.57. The summed E-state index contributed by atoms with van der Waals surface area (Å²) in [5.74, 6) is -1.07. The van der Waals surface area contributed by atoms with Crippen LogP contribution in [0.15, 0.2) is 43.0 Å². The normalized spacial score (nSPS) is 13.1. The van der Waals surface area contributed by atoms with E-state index in [9.17, 15) is 9.59 Å². The lowest BCUT2D eigenvalue weighted by Gasteiger charge is -2.18. The Bertz CT molecular complexity index is 458. The maximum atomic E-state index is 11.4. The molecule has 0 heterocycles. The van der Waals surface area contributed by atoms with Gasteiger partial charge in [0.1, 0.15) is 12.6 Å². The number of alkyl carbamates (subject to hydrolysis) is 1. The van der Waals surface area contributed by atoms with Crippen molar-refractivity contribution in [3.63, 3.8) is 0 Å². The lowest BCUT2D eigenvalue weighted by molar-refractivity contribution is -0.139. The Morgan fingerprint density at radius 2 is 2.05 bits per heavy atom. The van der Waals surface area contributed by atoms with Crippen LogP contribution < -0.4 is 5.32 Å². The molecule has 2 atom stereocenters. The zero-order valence-corrected chi connectivity index (χ0v) is 11.4. The van der Waals surface area contributed by atoms with Crippen LogP contribution in [0.25, 0.3) is 0 Å². The second-order valence-electron chi connectivity index (χ2n) is 4.47. The summed E-state index contributed by atoms with van der Waals surface area (Å²) < 4.78 is 4.73. The number of hydrogen-bond donors (Lipinski definition) is 2. The number of carbonyl (C=O) groups excluding carboxylic acids is 1. The quantitative estimate of drug-likeness (QED) is 0.751. The number of carboxylic acid groups (broad SMARTS) is 1. The SMILES string of the molecule is C=CCOC(=O)NC(CC(C)c1ccccc1)C(=O)O. The first-order chi connectivity index (χ1) is 9.54. The van der Waals surface area contributed by atoms with Crippen LogP contribution >= 0.6 is 0 Å². The molecule has 108 valence electrons. The molecule has 0 aliphatic heterocycles. The average Bonchev–Trinajstić information content (AvgIpc) is 2.45. The highest BCUT2D eigenvalue weighted by Crippen LogP contribution is 2.20. The third kappa shape index (κ3) is 5.14. The van der Waals surface area contributed by atoms with Crippen LogP contribution in [-0.2, 0) is 9.53 Å². The lowest BCUT2D eigenvalue weighted by Crippen LogP contribution is -2.41. The van der Waals surface area contributed by atoms with E-state index in [4.69, 9.17) is 9.84 Å². The predicted octanol–water partition coefficient (Wildman–Crippen LogP) is 2.55. The van der Waals surface area contributed by atoms with Crippen LogP contribution in [0.4, 0.5) is 4.79 Å². The van der Waals surface area contributed by atoms with E-state index < -0.39 is 18.1 Å². The molecule has 0 aliphatic rings. The van der Waals surface area contributed by atoms with E-state index >= 15 is 0 Å². The van der Waals surface area contributed by atoms with Gasteiger partial charge in [-0.1, -0.05) is 49.9 Å². The first-order valence-corrected chi connectivity index (χ1v) is 6.36. The van der Waals surface area contributed by atoms with Gasteiger partial charge in [0.15, 0.2) is 0 Å². The van der Waals surface area contributed by atoms with Crippen molar-refractivity contribution in [2.75, 3.05) is 6.61 Å². The van der Waals surface area contributed by atoms with Gasteiger partial charge in [-0.25, -0.2) is 9.59 Å². The molecule has 1 amide bonds. The van der Waals surface area contributed by atoms with Crippen molar-refractivity contribution in [2.45, 2.75) is 25.3 Å². The Morgan fingerprint density at radius 3 is 2.60 bits per heavy atom. The lowest BCUT2D eigenvalue weighted by atomic mass is 9.94. The van der Waals surface area contributed by atoms with Crippen LogP contribution in [-0.4, -0.2) is 29.8 Å². The van der Waals surface area contributed by atoms with Crippen molar-refractivity contribution in [3.8, 4) is 0 Å². The van der Waals surface area contributed by atoms with Crippen LogP contribution in [0, 0.1) is 0 Å². The largest absolute Gasteiger partial charge is 0.480 e. The summed E-state index contributed by atoms with van der Waals surface area (Å²) in [6.45, 7) is 5.38. The van der Waals surface area contributed by atoms with Crippen molar-refractivity contribution in [3.05, 3.63) is 48.6 Å². The van der Waals surface area contributed by atoms with E-state index in [1.54, 1.807) is 0 Å². The minimum Gasteiger partial charge on any atom is -0.480 e. The third-order valence-electron chi connectivity index (χ3n) is 2.88. The predicted molar refractivity (Wildman–Crippen MR) is 75.6 cm³/mol. The van der Waals surface area contributed by atoms with Crippen molar-refractivity contribution in [1.29, 1.82) is 0 Å². The molecule has 0 bridgehead atoms. The minimum absolute atomic E-state index is 0.0111. The molecule has 0 radical (unpaired) electrons. The molecule has 0 saturated carbocycles. The zero-order chi connectivity index (χ0) is 15.0. The fraction of sp³-hybridized carbons (Fsp3) is 0.333. The summed E-state index contributed by atoms with van der Waals surface area (Å²) >= 11 is 0. The Balaban J connectivity index is 2.61. The number of nitrogens with one attached hydrogen (secondary N) is 1. The number of rotatable bonds is 7. The van der Waals surface area contributed by atoms with E-state index in [1.165, 1.54) is 6.08 Å². The van der Waals surface area contributed by atoms with E-state index in [0.717, 1.165) is 5.56 Å². The number of carbonyl (C=O) groups is 2. The Hall–Kier alpha value is -2.30. The molecule has 0 aliphatic carbocycles. The first-order valence-electron chi connectivity index (χ1n) is 6.36. The summed E-state index contributed by atoms with van der Waals surface area (Å²) in [5.41, 5.74) is 1.03. The van der Waals surface area contributed by atoms with Crippen molar-refractivity contribution < 1.29 is 19.4 Å². The molecule has 1 aromatic carbocycles. The van der Waals surface area contributed by atoms with Gasteiger partial charge in [-0.3, -0.25) is 0 Å².